The van der Waals surface area contributed by atoms with Gasteiger partial charge in [0, 0.05) is 12.2 Å². The predicted octanol–water partition coefficient (Wildman–Crippen LogP) is 0.425. The van der Waals surface area contributed by atoms with E-state index in [1.165, 1.54) is 0 Å². The van der Waals surface area contributed by atoms with Gasteiger partial charge in [-0.05, 0) is 37.8 Å². The molecule has 0 atom stereocenters. The Morgan fingerprint density at radius 2 is 2.20 bits per heavy atom. The Bertz CT molecular complexity index is 525. The highest BCUT2D eigenvalue weighted by Crippen LogP contribution is 2.18. The van der Waals surface area contributed by atoms with Gasteiger partial charge in [0.1, 0.15) is 5.69 Å². The summed E-state index contributed by atoms with van der Waals surface area (Å²) in [4.78, 5) is 16.4. The molecule has 20 heavy (non-hydrogen) atoms. The lowest BCUT2D eigenvalue weighted by molar-refractivity contribution is 0.0863. The maximum atomic E-state index is 12.2. The fraction of sp³-hybridized carbons (Fsp3) is 0.467. The first-order valence-corrected chi connectivity index (χ1v) is 6.83. The van der Waals surface area contributed by atoms with Crippen LogP contribution in [0.2, 0.25) is 0 Å². The van der Waals surface area contributed by atoms with E-state index in [2.05, 4.69) is 22.1 Å². The average Bonchev–Trinajstić information content (AvgIpc) is 2.47. The lowest BCUT2D eigenvalue weighted by Gasteiger charge is -2.26. The van der Waals surface area contributed by atoms with Crippen LogP contribution in [0.4, 0.5) is 0 Å². The first-order valence-electron chi connectivity index (χ1n) is 6.83. The minimum Gasteiger partial charge on any atom is -0.393 e. The van der Waals surface area contributed by atoms with Crippen LogP contribution in [0, 0.1) is 11.8 Å². The van der Waals surface area contributed by atoms with E-state index in [1.54, 1.807) is 18.3 Å². The van der Waals surface area contributed by atoms with Crippen molar-refractivity contribution in [2.45, 2.75) is 37.8 Å². The highest BCUT2D eigenvalue weighted by Gasteiger charge is 2.22. The molecule has 4 N–H and O–H groups in total. The van der Waals surface area contributed by atoms with E-state index < -0.39 is 0 Å². The molecule has 0 bridgehead atoms. The van der Waals surface area contributed by atoms with Gasteiger partial charge >= 0.3 is 0 Å². The minimum atomic E-state index is -0.232. The van der Waals surface area contributed by atoms with Crippen LogP contribution in [0.3, 0.4) is 0 Å². The average molecular weight is 273 g/mol. The zero-order valence-electron chi connectivity index (χ0n) is 11.3. The second-order valence-corrected chi connectivity index (χ2v) is 4.88. The molecule has 106 valence electrons. The van der Waals surface area contributed by atoms with Crippen molar-refractivity contribution in [3.8, 4) is 11.8 Å². The number of amides is 1. The summed E-state index contributed by atoms with van der Waals surface area (Å²) in [6, 6.07) is 3.60. The quantitative estimate of drug-likeness (QED) is 0.682. The standard InChI is InChI=1S/C15H19N3O2/c16-9-1-3-11-4-2-10-17-14(11)15(20)18-12-5-7-13(19)8-6-12/h2,4,10,12-13,19H,5-9,16H2,(H,18,20). The number of hydrogen-bond donors (Lipinski definition) is 3. The lowest BCUT2D eigenvalue weighted by atomic mass is 9.93. The number of aliphatic hydroxyl groups excluding tert-OH is 1. The molecular weight excluding hydrogens is 254 g/mol. The highest BCUT2D eigenvalue weighted by molar-refractivity contribution is 5.94. The van der Waals surface area contributed by atoms with E-state index in [9.17, 15) is 9.90 Å². The molecule has 1 aromatic heterocycles. The molecular formula is C15H19N3O2. The molecule has 1 saturated carbocycles. The Labute approximate surface area is 118 Å². The van der Waals surface area contributed by atoms with Gasteiger partial charge in [-0.1, -0.05) is 11.8 Å². The fourth-order valence-corrected chi connectivity index (χ4v) is 2.31. The molecule has 1 amide bonds. The monoisotopic (exact) mass is 273 g/mol. The van der Waals surface area contributed by atoms with E-state index in [4.69, 9.17) is 5.73 Å². The summed E-state index contributed by atoms with van der Waals surface area (Å²) < 4.78 is 0. The number of carbonyl (C=O) groups excluding carboxylic acids is 1. The molecule has 0 aromatic carbocycles. The summed E-state index contributed by atoms with van der Waals surface area (Å²) in [5, 5.41) is 12.4. The predicted molar refractivity (Wildman–Crippen MR) is 75.9 cm³/mol. The maximum Gasteiger partial charge on any atom is 0.271 e. The van der Waals surface area contributed by atoms with Crippen LogP contribution in [-0.2, 0) is 0 Å². The molecule has 0 unspecified atom stereocenters. The molecule has 5 nitrogen and oxygen atoms in total. The third-order valence-electron chi connectivity index (χ3n) is 3.38. The number of nitrogens with one attached hydrogen (secondary N) is 1. The van der Waals surface area contributed by atoms with Crippen molar-refractivity contribution in [1.82, 2.24) is 10.3 Å². The van der Waals surface area contributed by atoms with Crippen molar-refractivity contribution in [3.63, 3.8) is 0 Å². The van der Waals surface area contributed by atoms with Gasteiger partial charge in [-0.25, -0.2) is 4.98 Å². The van der Waals surface area contributed by atoms with Crippen LogP contribution in [-0.4, -0.2) is 34.7 Å². The lowest BCUT2D eigenvalue weighted by Crippen LogP contribution is -2.39. The van der Waals surface area contributed by atoms with Gasteiger partial charge in [0.2, 0.25) is 0 Å². The van der Waals surface area contributed by atoms with Crippen molar-refractivity contribution >= 4 is 5.91 Å². The Morgan fingerprint density at radius 1 is 1.45 bits per heavy atom. The number of carbonyl (C=O) groups is 1. The van der Waals surface area contributed by atoms with Gasteiger partial charge in [0.15, 0.2) is 0 Å². The SMILES string of the molecule is NCC#Cc1cccnc1C(=O)NC1CCC(O)CC1. The molecule has 0 spiro atoms. The molecule has 2 rings (SSSR count). The van der Waals surface area contributed by atoms with Gasteiger partial charge in [0.25, 0.3) is 5.91 Å². The largest absolute Gasteiger partial charge is 0.393 e. The van der Waals surface area contributed by atoms with Crippen molar-refractivity contribution < 1.29 is 9.90 Å². The van der Waals surface area contributed by atoms with Crippen LogP contribution < -0.4 is 11.1 Å². The number of nitrogens with two attached hydrogens (primary N) is 1. The molecule has 1 fully saturated rings. The van der Waals surface area contributed by atoms with E-state index >= 15 is 0 Å². The number of aliphatic hydroxyl groups is 1. The summed E-state index contributed by atoms with van der Waals surface area (Å²) in [6.07, 6.45) is 4.39. The Morgan fingerprint density at radius 3 is 2.90 bits per heavy atom. The number of rotatable bonds is 2. The molecule has 1 heterocycles. The summed E-state index contributed by atoms with van der Waals surface area (Å²) in [5.74, 6) is 5.38. The smallest absolute Gasteiger partial charge is 0.271 e. The van der Waals surface area contributed by atoms with Crippen molar-refractivity contribution in [1.29, 1.82) is 0 Å². The van der Waals surface area contributed by atoms with Crippen LogP contribution in [0.15, 0.2) is 18.3 Å². The topological polar surface area (TPSA) is 88.2 Å². The molecule has 0 saturated heterocycles. The zero-order chi connectivity index (χ0) is 14.4. The fourth-order valence-electron chi connectivity index (χ4n) is 2.31. The van der Waals surface area contributed by atoms with Gasteiger partial charge < -0.3 is 16.2 Å². The van der Waals surface area contributed by atoms with Crippen LogP contribution in [0.25, 0.3) is 0 Å². The number of hydrogen-bond acceptors (Lipinski definition) is 4. The molecule has 1 aliphatic rings. The number of pyridine rings is 1. The number of nitrogens with zero attached hydrogens (tertiary/aromatic N) is 1. The van der Waals surface area contributed by atoms with E-state index in [1.807, 2.05) is 0 Å². The first-order chi connectivity index (χ1) is 9.70. The zero-order valence-corrected chi connectivity index (χ0v) is 11.3. The van der Waals surface area contributed by atoms with Crippen LogP contribution in [0.5, 0.6) is 0 Å². The maximum absolute atomic E-state index is 12.2. The molecule has 0 aliphatic heterocycles. The Hall–Kier alpha value is -1.90. The summed E-state index contributed by atoms with van der Waals surface area (Å²) in [6.45, 7) is 0.246. The van der Waals surface area contributed by atoms with E-state index in [-0.39, 0.29) is 24.6 Å². The van der Waals surface area contributed by atoms with Crippen molar-refractivity contribution in [3.05, 3.63) is 29.6 Å². The summed E-state index contributed by atoms with van der Waals surface area (Å²) in [7, 11) is 0. The second-order valence-electron chi connectivity index (χ2n) is 4.88. The second kappa shape index (κ2) is 7.04. The van der Waals surface area contributed by atoms with Crippen LogP contribution >= 0.6 is 0 Å². The van der Waals surface area contributed by atoms with Gasteiger partial charge in [0.05, 0.1) is 18.2 Å². The minimum absolute atomic E-state index is 0.100. The Kier molecular flexibility index (Phi) is 5.10. The first kappa shape index (κ1) is 14.5. The third-order valence-corrected chi connectivity index (χ3v) is 3.38. The normalized spacial score (nSPS) is 21.7. The molecule has 1 aromatic rings. The summed E-state index contributed by atoms with van der Waals surface area (Å²) >= 11 is 0. The Balaban J connectivity index is 2.05. The highest BCUT2D eigenvalue weighted by atomic mass is 16.3. The third kappa shape index (κ3) is 3.80. The van der Waals surface area contributed by atoms with Crippen LogP contribution in [0.1, 0.15) is 41.7 Å². The summed E-state index contributed by atoms with van der Waals surface area (Å²) in [5.41, 5.74) is 6.27. The molecule has 0 radical (unpaired) electrons. The number of aromatic nitrogens is 1. The van der Waals surface area contributed by atoms with Gasteiger partial charge in [-0.2, -0.15) is 0 Å². The van der Waals surface area contributed by atoms with Gasteiger partial charge in [-0.3, -0.25) is 4.79 Å². The van der Waals surface area contributed by atoms with E-state index in [0.717, 1.165) is 25.7 Å². The van der Waals surface area contributed by atoms with Crippen molar-refractivity contribution in [2.75, 3.05) is 6.54 Å². The van der Waals surface area contributed by atoms with Gasteiger partial charge in [-0.15, -0.1) is 0 Å². The van der Waals surface area contributed by atoms with E-state index in [0.29, 0.717) is 11.3 Å². The molecule has 1 aliphatic carbocycles. The van der Waals surface area contributed by atoms with Crippen molar-refractivity contribution in [2.24, 2.45) is 5.73 Å². The molecule has 5 heteroatoms.